The Kier molecular flexibility index (Phi) is 2.62. The van der Waals surface area contributed by atoms with Crippen molar-refractivity contribution in [1.82, 2.24) is 0 Å². The topological polar surface area (TPSA) is 52.3 Å². The van der Waals surface area contributed by atoms with Gasteiger partial charge in [0.2, 0.25) is 0 Å². The molecule has 0 amide bonds. The van der Waals surface area contributed by atoms with E-state index < -0.39 is 0 Å². The second-order valence-electron chi connectivity index (χ2n) is 3.87. The standard InChI is InChI=1S/C12H15NO2/c1-15-12(14)11-9-5-3-2-4-8(9)6-7-10(11)13/h6-7H,2-5,13H2,1H3. The smallest absolute Gasteiger partial charge is 0.340 e. The molecule has 1 aromatic rings. The van der Waals surface area contributed by atoms with Gasteiger partial charge in [0.25, 0.3) is 0 Å². The molecule has 1 aromatic carbocycles. The van der Waals surface area contributed by atoms with Crippen molar-refractivity contribution in [2.24, 2.45) is 0 Å². The number of fused-ring (bicyclic) bond motifs is 1. The first-order chi connectivity index (χ1) is 7.24. The van der Waals surface area contributed by atoms with E-state index in [1.54, 1.807) is 6.07 Å². The van der Waals surface area contributed by atoms with E-state index in [2.05, 4.69) is 0 Å². The van der Waals surface area contributed by atoms with Gasteiger partial charge in [-0.25, -0.2) is 4.79 Å². The van der Waals surface area contributed by atoms with Crippen molar-refractivity contribution in [1.29, 1.82) is 0 Å². The van der Waals surface area contributed by atoms with Gasteiger partial charge in [-0.05, 0) is 42.9 Å². The first kappa shape index (κ1) is 10.0. The zero-order valence-corrected chi connectivity index (χ0v) is 8.88. The monoisotopic (exact) mass is 205 g/mol. The fourth-order valence-corrected chi connectivity index (χ4v) is 2.19. The van der Waals surface area contributed by atoms with Crippen LogP contribution >= 0.6 is 0 Å². The van der Waals surface area contributed by atoms with E-state index in [-0.39, 0.29) is 5.97 Å². The molecule has 0 aliphatic heterocycles. The highest BCUT2D eigenvalue weighted by atomic mass is 16.5. The third-order valence-corrected chi connectivity index (χ3v) is 2.95. The molecule has 0 atom stereocenters. The molecular weight excluding hydrogens is 190 g/mol. The lowest BCUT2D eigenvalue weighted by Crippen LogP contribution is -2.14. The van der Waals surface area contributed by atoms with Gasteiger partial charge in [0, 0.05) is 5.69 Å². The first-order valence-corrected chi connectivity index (χ1v) is 5.22. The lowest BCUT2D eigenvalue weighted by molar-refractivity contribution is 0.0600. The van der Waals surface area contributed by atoms with Crippen LogP contribution in [-0.4, -0.2) is 13.1 Å². The first-order valence-electron chi connectivity index (χ1n) is 5.22. The van der Waals surface area contributed by atoms with E-state index in [0.29, 0.717) is 11.3 Å². The van der Waals surface area contributed by atoms with E-state index in [1.165, 1.54) is 19.1 Å². The Balaban J connectivity index is 2.55. The minimum Gasteiger partial charge on any atom is -0.465 e. The molecule has 0 spiro atoms. The summed E-state index contributed by atoms with van der Waals surface area (Å²) in [5.41, 5.74) is 9.27. The van der Waals surface area contributed by atoms with Crippen molar-refractivity contribution in [3.63, 3.8) is 0 Å². The fourth-order valence-electron chi connectivity index (χ4n) is 2.19. The number of ether oxygens (including phenoxy) is 1. The summed E-state index contributed by atoms with van der Waals surface area (Å²) >= 11 is 0. The van der Waals surface area contributed by atoms with Crippen LogP contribution in [0.1, 0.15) is 34.3 Å². The summed E-state index contributed by atoms with van der Waals surface area (Å²) < 4.78 is 4.76. The number of hydrogen-bond donors (Lipinski definition) is 1. The predicted octanol–water partition coefficient (Wildman–Crippen LogP) is 1.93. The predicted molar refractivity (Wildman–Crippen MR) is 58.8 cm³/mol. The van der Waals surface area contributed by atoms with Gasteiger partial charge in [-0.15, -0.1) is 0 Å². The average Bonchev–Trinajstić information content (AvgIpc) is 2.28. The van der Waals surface area contributed by atoms with Crippen LogP contribution in [-0.2, 0) is 17.6 Å². The van der Waals surface area contributed by atoms with Crippen LogP contribution in [0, 0.1) is 0 Å². The molecule has 3 nitrogen and oxygen atoms in total. The van der Waals surface area contributed by atoms with Crippen LogP contribution in [0.4, 0.5) is 5.69 Å². The molecule has 2 rings (SSSR count). The highest BCUT2D eigenvalue weighted by Crippen LogP contribution is 2.28. The van der Waals surface area contributed by atoms with Crippen molar-refractivity contribution < 1.29 is 9.53 Å². The van der Waals surface area contributed by atoms with Gasteiger partial charge in [0.1, 0.15) is 0 Å². The molecule has 80 valence electrons. The molecule has 1 aliphatic rings. The van der Waals surface area contributed by atoms with Gasteiger partial charge >= 0.3 is 5.97 Å². The molecule has 1 aliphatic carbocycles. The van der Waals surface area contributed by atoms with Gasteiger partial charge in [-0.3, -0.25) is 0 Å². The molecule has 0 unspecified atom stereocenters. The highest BCUT2D eigenvalue weighted by Gasteiger charge is 2.20. The third kappa shape index (κ3) is 1.69. The Morgan fingerprint density at radius 3 is 2.80 bits per heavy atom. The van der Waals surface area contributed by atoms with Crippen LogP contribution in [0.15, 0.2) is 12.1 Å². The Morgan fingerprint density at radius 2 is 2.07 bits per heavy atom. The van der Waals surface area contributed by atoms with E-state index in [1.807, 2.05) is 6.07 Å². The maximum atomic E-state index is 11.6. The van der Waals surface area contributed by atoms with E-state index in [9.17, 15) is 4.79 Å². The Morgan fingerprint density at radius 1 is 1.33 bits per heavy atom. The lowest BCUT2D eigenvalue weighted by Gasteiger charge is -2.19. The molecule has 0 saturated carbocycles. The van der Waals surface area contributed by atoms with Crippen molar-refractivity contribution >= 4 is 11.7 Å². The maximum Gasteiger partial charge on any atom is 0.340 e. The summed E-state index contributed by atoms with van der Waals surface area (Å²) in [5.74, 6) is -0.314. The summed E-state index contributed by atoms with van der Waals surface area (Å²) in [6, 6.07) is 3.83. The summed E-state index contributed by atoms with van der Waals surface area (Å²) in [6.45, 7) is 0. The number of rotatable bonds is 1. The minimum absolute atomic E-state index is 0.314. The van der Waals surface area contributed by atoms with E-state index in [0.717, 1.165) is 24.8 Å². The molecule has 0 radical (unpaired) electrons. The van der Waals surface area contributed by atoms with Gasteiger partial charge in [-0.2, -0.15) is 0 Å². The van der Waals surface area contributed by atoms with Crippen LogP contribution in [0.5, 0.6) is 0 Å². The van der Waals surface area contributed by atoms with E-state index in [4.69, 9.17) is 10.5 Å². The molecule has 2 N–H and O–H groups in total. The zero-order valence-electron chi connectivity index (χ0n) is 8.88. The van der Waals surface area contributed by atoms with Crippen LogP contribution in [0.3, 0.4) is 0 Å². The molecule has 0 saturated heterocycles. The SMILES string of the molecule is COC(=O)c1c(N)ccc2c1CCCC2. The van der Waals surface area contributed by atoms with Crippen molar-refractivity contribution in [2.45, 2.75) is 25.7 Å². The molecule has 15 heavy (non-hydrogen) atoms. The number of methoxy groups -OCH3 is 1. The van der Waals surface area contributed by atoms with Gasteiger partial charge in [0.15, 0.2) is 0 Å². The molecule has 0 bridgehead atoms. The summed E-state index contributed by atoms with van der Waals surface area (Å²) in [6.07, 6.45) is 4.29. The number of nitrogen functional groups attached to an aromatic ring is 1. The third-order valence-electron chi connectivity index (χ3n) is 2.95. The molecule has 3 heteroatoms. The normalized spacial score (nSPS) is 14.5. The van der Waals surface area contributed by atoms with Gasteiger partial charge in [0.05, 0.1) is 12.7 Å². The number of carbonyl (C=O) groups excluding carboxylic acids is 1. The molecular formula is C12H15NO2. The lowest BCUT2D eigenvalue weighted by atomic mass is 9.87. The van der Waals surface area contributed by atoms with Crippen LogP contribution < -0.4 is 5.73 Å². The number of hydrogen-bond acceptors (Lipinski definition) is 3. The fraction of sp³-hybridized carbons (Fsp3) is 0.417. The number of carbonyl (C=O) groups is 1. The number of aryl methyl sites for hydroxylation is 1. The summed E-state index contributed by atoms with van der Waals surface area (Å²) in [4.78, 5) is 11.6. The largest absolute Gasteiger partial charge is 0.465 e. The second-order valence-corrected chi connectivity index (χ2v) is 3.87. The van der Waals surface area contributed by atoms with Crippen LogP contribution in [0.2, 0.25) is 0 Å². The maximum absolute atomic E-state index is 11.6. The number of esters is 1. The molecule has 0 aromatic heterocycles. The highest BCUT2D eigenvalue weighted by molar-refractivity contribution is 5.97. The number of nitrogens with two attached hydrogens (primary N) is 1. The van der Waals surface area contributed by atoms with E-state index >= 15 is 0 Å². The quantitative estimate of drug-likeness (QED) is 0.563. The van der Waals surface area contributed by atoms with Gasteiger partial charge in [-0.1, -0.05) is 6.07 Å². The summed E-state index contributed by atoms with van der Waals surface area (Å²) in [5, 5.41) is 0. The second kappa shape index (κ2) is 3.93. The van der Waals surface area contributed by atoms with Crippen molar-refractivity contribution in [2.75, 3.05) is 12.8 Å². The Bertz CT molecular complexity index is 399. The number of benzene rings is 1. The average molecular weight is 205 g/mol. The zero-order chi connectivity index (χ0) is 10.8. The minimum atomic E-state index is -0.314. The van der Waals surface area contributed by atoms with Crippen molar-refractivity contribution in [3.05, 3.63) is 28.8 Å². The molecule has 0 heterocycles. The number of anilines is 1. The van der Waals surface area contributed by atoms with Crippen molar-refractivity contribution in [3.8, 4) is 0 Å². The molecule has 0 fully saturated rings. The Labute approximate surface area is 89.2 Å². The Hall–Kier alpha value is -1.51. The van der Waals surface area contributed by atoms with Gasteiger partial charge < -0.3 is 10.5 Å². The van der Waals surface area contributed by atoms with Crippen LogP contribution in [0.25, 0.3) is 0 Å². The summed E-state index contributed by atoms with van der Waals surface area (Å²) in [7, 11) is 1.39.